The molecule has 1 aromatic rings. The van der Waals surface area contributed by atoms with Crippen molar-refractivity contribution in [1.82, 2.24) is 4.31 Å². The molecule has 79 valence electrons. The first kappa shape index (κ1) is 10.2. The third-order valence-corrected chi connectivity index (χ3v) is 3.94. The smallest absolute Gasteiger partial charge is 0.266 e. The third-order valence-electron chi connectivity index (χ3n) is 2.20. The second-order valence-electron chi connectivity index (χ2n) is 3.23. The van der Waals surface area contributed by atoms with E-state index in [1.165, 1.54) is 18.7 Å². The van der Waals surface area contributed by atoms with Gasteiger partial charge in [-0.2, -0.15) is 0 Å². The molecule has 0 N–H and O–H groups in total. The summed E-state index contributed by atoms with van der Waals surface area (Å²) in [6.07, 6.45) is 0.761. The van der Waals surface area contributed by atoms with Crippen molar-refractivity contribution in [3.05, 3.63) is 36.9 Å². The van der Waals surface area contributed by atoms with Crippen molar-refractivity contribution in [3.8, 4) is 0 Å². The first-order valence-electron chi connectivity index (χ1n) is 4.58. The maximum Gasteiger partial charge on any atom is 0.266 e. The molecule has 0 bridgehead atoms. The van der Waals surface area contributed by atoms with Gasteiger partial charge in [0.15, 0.2) is 0 Å². The quantitative estimate of drug-likeness (QED) is 0.757. The van der Waals surface area contributed by atoms with E-state index in [4.69, 9.17) is 0 Å². The van der Waals surface area contributed by atoms with Crippen LogP contribution in [0.5, 0.6) is 0 Å². The van der Waals surface area contributed by atoms with Gasteiger partial charge in [0.2, 0.25) is 5.91 Å². The molecule has 1 fully saturated rings. The van der Waals surface area contributed by atoms with Crippen molar-refractivity contribution in [3.63, 3.8) is 0 Å². The zero-order valence-electron chi connectivity index (χ0n) is 7.96. The molecule has 1 radical (unpaired) electrons. The Labute approximate surface area is 88.6 Å². The molecule has 1 aliphatic heterocycles. The maximum atomic E-state index is 11.9. The number of nitrogens with zero attached hydrogens (tertiary/aromatic N) is 1. The first-order valence-corrected chi connectivity index (χ1v) is 6.02. The first-order chi connectivity index (χ1) is 7.12. The Kier molecular flexibility index (Phi) is 2.48. The summed E-state index contributed by atoms with van der Waals surface area (Å²) < 4.78 is 24.7. The van der Waals surface area contributed by atoms with Gasteiger partial charge < -0.3 is 0 Å². The van der Waals surface area contributed by atoms with Crippen LogP contribution >= 0.6 is 0 Å². The number of carbonyl (C=O) groups is 1. The lowest BCUT2D eigenvalue weighted by Crippen LogP contribution is -2.29. The summed E-state index contributed by atoms with van der Waals surface area (Å²) in [4.78, 5) is 11.5. The molecule has 1 aliphatic rings. The van der Waals surface area contributed by atoms with Crippen LogP contribution in [0, 0.1) is 6.54 Å². The van der Waals surface area contributed by atoms with E-state index in [2.05, 4.69) is 0 Å². The Bertz CT molecular complexity index is 467. The highest BCUT2D eigenvalue weighted by Crippen LogP contribution is 2.23. The van der Waals surface area contributed by atoms with Gasteiger partial charge in [0.1, 0.15) is 0 Å². The molecule has 5 heteroatoms. The summed E-state index contributed by atoms with van der Waals surface area (Å²) in [6, 6.07) is 7.96. The van der Waals surface area contributed by atoms with Gasteiger partial charge in [-0.25, -0.2) is 12.7 Å². The summed E-state index contributed by atoms with van der Waals surface area (Å²) in [5.41, 5.74) is 0. The minimum atomic E-state index is -3.66. The van der Waals surface area contributed by atoms with Crippen LogP contribution in [0.1, 0.15) is 12.8 Å². The normalized spacial score (nSPS) is 17.1. The molecule has 0 aliphatic carbocycles. The van der Waals surface area contributed by atoms with E-state index in [0.29, 0.717) is 6.42 Å². The number of rotatable bonds is 2. The Balaban J connectivity index is 2.40. The Hall–Kier alpha value is -1.36. The molecule has 1 amide bonds. The fourth-order valence-corrected chi connectivity index (χ4v) is 2.84. The van der Waals surface area contributed by atoms with Gasteiger partial charge in [-0.05, 0) is 18.6 Å². The van der Waals surface area contributed by atoms with Crippen LogP contribution in [-0.2, 0) is 14.8 Å². The van der Waals surface area contributed by atoms with Gasteiger partial charge in [-0.15, -0.1) is 0 Å². The summed E-state index contributed by atoms with van der Waals surface area (Å²) >= 11 is 0. The van der Waals surface area contributed by atoms with Gasteiger partial charge >= 0.3 is 0 Å². The second-order valence-corrected chi connectivity index (χ2v) is 5.04. The number of sulfonamides is 1. The number of hydrogen-bond acceptors (Lipinski definition) is 3. The molecule has 4 nitrogen and oxygen atoms in total. The molecule has 1 aromatic carbocycles. The van der Waals surface area contributed by atoms with Crippen LogP contribution in [0.25, 0.3) is 0 Å². The molecule has 0 unspecified atom stereocenters. The topological polar surface area (TPSA) is 54.5 Å². The highest BCUT2D eigenvalue weighted by Gasteiger charge is 2.32. The fourth-order valence-electron chi connectivity index (χ4n) is 1.46. The van der Waals surface area contributed by atoms with Crippen LogP contribution in [-0.4, -0.2) is 18.6 Å². The van der Waals surface area contributed by atoms with Gasteiger partial charge in [-0.3, -0.25) is 4.79 Å². The van der Waals surface area contributed by atoms with E-state index in [0.717, 1.165) is 4.31 Å². The van der Waals surface area contributed by atoms with Crippen molar-refractivity contribution in [1.29, 1.82) is 0 Å². The molecular formula is C10H10NO3S. The van der Waals surface area contributed by atoms with Crippen LogP contribution in [0.2, 0.25) is 0 Å². The number of amides is 1. The molecule has 0 saturated carbocycles. The maximum absolute atomic E-state index is 11.9. The van der Waals surface area contributed by atoms with Gasteiger partial charge in [-0.1, -0.05) is 18.2 Å². The highest BCUT2D eigenvalue weighted by molar-refractivity contribution is 7.89. The van der Waals surface area contributed by atoms with E-state index in [1.54, 1.807) is 18.2 Å². The van der Waals surface area contributed by atoms with Crippen molar-refractivity contribution in [2.24, 2.45) is 0 Å². The summed E-state index contributed by atoms with van der Waals surface area (Å²) in [5.74, 6) is -0.362. The molecule has 1 heterocycles. The van der Waals surface area contributed by atoms with Crippen molar-refractivity contribution >= 4 is 15.9 Å². The van der Waals surface area contributed by atoms with Gasteiger partial charge in [0.25, 0.3) is 10.0 Å². The number of benzene rings is 1. The molecule has 2 rings (SSSR count). The van der Waals surface area contributed by atoms with Crippen molar-refractivity contribution in [2.75, 3.05) is 0 Å². The van der Waals surface area contributed by atoms with E-state index >= 15 is 0 Å². The van der Waals surface area contributed by atoms with Crippen molar-refractivity contribution in [2.45, 2.75) is 17.7 Å². The van der Waals surface area contributed by atoms with Gasteiger partial charge in [0.05, 0.1) is 11.4 Å². The Morgan fingerprint density at radius 2 is 1.80 bits per heavy atom. The Morgan fingerprint density at radius 1 is 1.13 bits per heavy atom. The average molecular weight is 224 g/mol. The Morgan fingerprint density at radius 3 is 2.33 bits per heavy atom. The average Bonchev–Trinajstić information content (AvgIpc) is 2.66. The lowest BCUT2D eigenvalue weighted by Gasteiger charge is -2.15. The van der Waals surface area contributed by atoms with E-state index in [-0.39, 0.29) is 17.2 Å². The standard InChI is InChI=1S/C10H10NO3S/c12-10-7-4-8-11(10)15(13,14)9-5-2-1-3-6-9/h1-3,5-6,8H,4,7H2. The number of carbonyl (C=O) groups excluding carboxylic acids is 1. The minimum Gasteiger partial charge on any atom is -0.274 e. The lowest BCUT2D eigenvalue weighted by molar-refractivity contribution is -0.123. The largest absolute Gasteiger partial charge is 0.274 e. The monoisotopic (exact) mass is 224 g/mol. The molecule has 1 saturated heterocycles. The third kappa shape index (κ3) is 1.74. The molecule has 15 heavy (non-hydrogen) atoms. The zero-order chi connectivity index (χ0) is 10.9. The summed E-state index contributed by atoms with van der Waals surface area (Å²) in [7, 11) is -3.66. The molecule has 0 spiro atoms. The summed E-state index contributed by atoms with van der Waals surface area (Å²) in [6.45, 7) is 1.42. The SMILES string of the molecule is O=C1CC[CH]N1S(=O)(=O)c1ccccc1. The zero-order valence-corrected chi connectivity index (χ0v) is 8.78. The van der Waals surface area contributed by atoms with Crippen LogP contribution in [0.4, 0.5) is 0 Å². The predicted molar refractivity (Wildman–Crippen MR) is 54.0 cm³/mol. The molecule has 0 atom stereocenters. The predicted octanol–water partition coefficient (Wildman–Crippen LogP) is 1.16. The molecular weight excluding hydrogens is 214 g/mol. The fraction of sp³-hybridized carbons (Fsp3) is 0.200. The van der Waals surface area contributed by atoms with Crippen LogP contribution in [0.15, 0.2) is 35.2 Å². The van der Waals surface area contributed by atoms with Crippen molar-refractivity contribution < 1.29 is 13.2 Å². The van der Waals surface area contributed by atoms with Crippen LogP contribution in [0.3, 0.4) is 0 Å². The van der Waals surface area contributed by atoms with E-state index in [9.17, 15) is 13.2 Å². The van der Waals surface area contributed by atoms with Crippen LogP contribution < -0.4 is 0 Å². The highest BCUT2D eigenvalue weighted by atomic mass is 32.2. The van der Waals surface area contributed by atoms with E-state index < -0.39 is 10.0 Å². The summed E-state index contributed by atoms with van der Waals surface area (Å²) in [5, 5.41) is 0. The molecule has 0 aromatic heterocycles. The van der Waals surface area contributed by atoms with E-state index in [1.807, 2.05) is 0 Å². The number of hydrogen-bond donors (Lipinski definition) is 0. The lowest BCUT2D eigenvalue weighted by atomic mass is 10.4. The minimum absolute atomic E-state index is 0.150. The van der Waals surface area contributed by atoms with Gasteiger partial charge in [0, 0.05) is 6.42 Å². The second kappa shape index (κ2) is 3.66.